The molecule has 0 bridgehead atoms. The molecule has 26 heavy (non-hydrogen) atoms. The lowest BCUT2D eigenvalue weighted by molar-refractivity contribution is 0.103. The molecule has 0 radical (unpaired) electrons. The minimum absolute atomic E-state index is 0.207. The van der Waals surface area contributed by atoms with Crippen LogP contribution in [0.5, 0.6) is 0 Å². The lowest BCUT2D eigenvalue weighted by Gasteiger charge is -2.05. The van der Waals surface area contributed by atoms with Crippen LogP contribution in [0, 0.1) is 0 Å². The van der Waals surface area contributed by atoms with Crippen molar-refractivity contribution >= 4 is 61.9 Å². The highest BCUT2D eigenvalue weighted by Crippen LogP contribution is 2.35. The molecule has 0 aliphatic heterocycles. The Bertz CT molecular complexity index is 1090. The molecule has 0 saturated heterocycles. The summed E-state index contributed by atoms with van der Waals surface area (Å²) >= 11 is 4.59. The summed E-state index contributed by atoms with van der Waals surface area (Å²) in [6, 6.07) is 15.6. The minimum atomic E-state index is -0.207. The molecular formula is C19H15N3OS3. The zero-order valence-electron chi connectivity index (χ0n) is 13.9. The second-order valence-corrected chi connectivity index (χ2v) is 8.38. The summed E-state index contributed by atoms with van der Waals surface area (Å²) in [5.74, 6) is -0.207. The summed E-state index contributed by atoms with van der Waals surface area (Å²) in [5, 5.41) is 5.77. The first-order chi connectivity index (χ1) is 12.7. The van der Waals surface area contributed by atoms with Crippen molar-refractivity contribution < 1.29 is 4.79 Å². The molecule has 0 saturated carbocycles. The lowest BCUT2D eigenvalue weighted by Crippen LogP contribution is -2.11. The molecule has 1 aromatic carbocycles. The summed E-state index contributed by atoms with van der Waals surface area (Å²) in [7, 11) is 0. The number of nitrogen functional groups attached to an aromatic ring is 1. The van der Waals surface area contributed by atoms with Gasteiger partial charge < -0.3 is 11.1 Å². The van der Waals surface area contributed by atoms with Crippen LogP contribution < -0.4 is 11.1 Å². The van der Waals surface area contributed by atoms with E-state index in [9.17, 15) is 4.79 Å². The van der Waals surface area contributed by atoms with Crippen LogP contribution in [0.2, 0.25) is 0 Å². The molecule has 0 aliphatic rings. The van der Waals surface area contributed by atoms with E-state index in [0.717, 1.165) is 31.4 Å². The first-order valence-corrected chi connectivity index (χ1v) is 10.8. The molecule has 0 spiro atoms. The second kappa shape index (κ2) is 7.11. The smallest absolute Gasteiger partial charge is 0.267 e. The summed E-state index contributed by atoms with van der Waals surface area (Å²) < 4.78 is 0. The number of rotatable bonds is 4. The highest BCUT2D eigenvalue weighted by Gasteiger charge is 2.18. The summed E-state index contributed by atoms with van der Waals surface area (Å²) in [5.41, 5.74) is 8.36. The number of fused-ring (bicyclic) bond motifs is 1. The SMILES string of the molecule is CSc1cccc(NC(=O)c2sc3nc(-c4cccs4)ccc3c2N)c1. The molecular weight excluding hydrogens is 382 g/mol. The molecule has 4 rings (SSSR count). The molecule has 7 heteroatoms. The van der Waals surface area contributed by atoms with Gasteiger partial charge in [-0.05, 0) is 48.0 Å². The van der Waals surface area contributed by atoms with Crippen molar-refractivity contribution in [1.29, 1.82) is 0 Å². The van der Waals surface area contributed by atoms with Gasteiger partial charge in [-0.1, -0.05) is 12.1 Å². The standard InChI is InChI=1S/C19H15N3OS3/c1-24-12-5-2-4-11(10-12)21-18(23)17-16(20)13-7-8-14(22-19(13)26-17)15-6-3-9-25-15/h2-10H,20H2,1H3,(H,21,23). The maximum absolute atomic E-state index is 12.7. The number of hydrogen-bond donors (Lipinski definition) is 2. The monoisotopic (exact) mass is 397 g/mol. The van der Waals surface area contributed by atoms with Crippen LogP contribution in [-0.4, -0.2) is 17.1 Å². The number of thioether (sulfide) groups is 1. The van der Waals surface area contributed by atoms with Crippen molar-refractivity contribution in [1.82, 2.24) is 4.98 Å². The number of aromatic nitrogens is 1. The third kappa shape index (κ3) is 3.21. The van der Waals surface area contributed by atoms with E-state index in [-0.39, 0.29) is 5.91 Å². The Morgan fingerprint density at radius 1 is 1.19 bits per heavy atom. The van der Waals surface area contributed by atoms with Crippen LogP contribution in [0.3, 0.4) is 0 Å². The summed E-state index contributed by atoms with van der Waals surface area (Å²) in [6.45, 7) is 0. The van der Waals surface area contributed by atoms with E-state index in [2.05, 4.69) is 10.3 Å². The molecule has 3 N–H and O–H groups in total. The van der Waals surface area contributed by atoms with E-state index in [1.54, 1.807) is 23.1 Å². The van der Waals surface area contributed by atoms with Gasteiger partial charge in [0.25, 0.3) is 5.91 Å². The number of amides is 1. The van der Waals surface area contributed by atoms with E-state index < -0.39 is 0 Å². The molecule has 3 aromatic heterocycles. The van der Waals surface area contributed by atoms with Crippen LogP contribution in [0.1, 0.15) is 9.67 Å². The fourth-order valence-electron chi connectivity index (χ4n) is 2.62. The van der Waals surface area contributed by atoms with Crippen LogP contribution in [0.15, 0.2) is 58.8 Å². The highest BCUT2D eigenvalue weighted by atomic mass is 32.2. The number of carbonyl (C=O) groups is 1. The Kier molecular flexibility index (Phi) is 4.67. The zero-order valence-corrected chi connectivity index (χ0v) is 16.3. The molecule has 130 valence electrons. The van der Waals surface area contributed by atoms with Gasteiger partial charge in [-0.3, -0.25) is 4.79 Å². The van der Waals surface area contributed by atoms with E-state index in [0.29, 0.717) is 10.6 Å². The number of nitrogens with one attached hydrogen (secondary N) is 1. The van der Waals surface area contributed by atoms with Gasteiger partial charge in [-0.25, -0.2) is 4.98 Å². The van der Waals surface area contributed by atoms with Gasteiger partial charge in [0.05, 0.1) is 16.3 Å². The fraction of sp³-hybridized carbons (Fsp3) is 0.0526. The molecule has 3 heterocycles. The Morgan fingerprint density at radius 3 is 2.85 bits per heavy atom. The molecule has 0 fully saturated rings. The van der Waals surface area contributed by atoms with Gasteiger partial charge in [-0.15, -0.1) is 34.4 Å². The van der Waals surface area contributed by atoms with Gasteiger partial charge in [0.1, 0.15) is 9.71 Å². The molecule has 0 unspecified atom stereocenters. The second-order valence-electron chi connectivity index (χ2n) is 5.56. The zero-order chi connectivity index (χ0) is 18.1. The van der Waals surface area contributed by atoms with Crippen molar-refractivity contribution in [2.45, 2.75) is 4.90 Å². The average Bonchev–Trinajstić information content (AvgIpc) is 3.30. The summed E-state index contributed by atoms with van der Waals surface area (Å²) in [4.78, 5) is 20.8. The predicted molar refractivity (Wildman–Crippen MR) is 114 cm³/mol. The number of thiophene rings is 2. The molecule has 4 aromatic rings. The number of nitrogens with two attached hydrogens (primary N) is 1. The van der Waals surface area contributed by atoms with Crippen molar-refractivity contribution in [3.05, 3.63) is 58.8 Å². The van der Waals surface area contributed by atoms with Gasteiger partial charge in [0, 0.05) is 16.0 Å². The number of pyridine rings is 1. The molecule has 0 aliphatic carbocycles. The molecule has 1 amide bonds. The maximum atomic E-state index is 12.7. The largest absolute Gasteiger partial charge is 0.397 e. The number of carbonyl (C=O) groups excluding carboxylic acids is 1. The van der Waals surface area contributed by atoms with Crippen LogP contribution in [0.25, 0.3) is 20.8 Å². The van der Waals surface area contributed by atoms with Gasteiger partial charge in [0.2, 0.25) is 0 Å². The van der Waals surface area contributed by atoms with Crippen LogP contribution >= 0.6 is 34.4 Å². The Balaban J connectivity index is 1.67. The van der Waals surface area contributed by atoms with Gasteiger partial charge >= 0.3 is 0 Å². The van der Waals surface area contributed by atoms with Crippen molar-refractivity contribution in [3.63, 3.8) is 0 Å². The first kappa shape index (κ1) is 17.1. The highest BCUT2D eigenvalue weighted by molar-refractivity contribution is 7.98. The van der Waals surface area contributed by atoms with Crippen LogP contribution in [-0.2, 0) is 0 Å². The van der Waals surface area contributed by atoms with Gasteiger partial charge in [-0.2, -0.15) is 0 Å². The van der Waals surface area contributed by atoms with E-state index in [4.69, 9.17) is 5.73 Å². The maximum Gasteiger partial charge on any atom is 0.267 e. The summed E-state index contributed by atoms with van der Waals surface area (Å²) in [6.07, 6.45) is 2.00. The number of hydrogen-bond acceptors (Lipinski definition) is 6. The minimum Gasteiger partial charge on any atom is -0.397 e. The van der Waals surface area contributed by atoms with Crippen LogP contribution in [0.4, 0.5) is 11.4 Å². The van der Waals surface area contributed by atoms with Crippen molar-refractivity contribution in [3.8, 4) is 10.6 Å². The third-order valence-electron chi connectivity index (χ3n) is 3.90. The molecule has 4 nitrogen and oxygen atoms in total. The van der Waals surface area contributed by atoms with Gasteiger partial charge in [0.15, 0.2) is 0 Å². The van der Waals surface area contributed by atoms with Crippen molar-refractivity contribution in [2.24, 2.45) is 0 Å². The Hall–Kier alpha value is -2.35. The van der Waals surface area contributed by atoms with Crippen molar-refractivity contribution in [2.75, 3.05) is 17.3 Å². The fourth-order valence-corrected chi connectivity index (χ4v) is 4.76. The lowest BCUT2D eigenvalue weighted by atomic mass is 10.2. The number of anilines is 2. The number of benzene rings is 1. The average molecular weight is 398 g/mol. The first-order valence-electron chi connectivity index (χ1n) is 7.84. The predicted octanol–water partition coefficient (Wildman–Crippen LogP) is 5.58. The molecule has 0 atom stereocenters. The Morgan fingerprint density at radius 2 is 2.08 bits per heavy atom. The normalized spacial score (nSPS) is 11.0. The van der Waals surface area contributed by atoms with E-state index >= 15 is 0 Å². The number of nitrogens with zero attached hydrogens (tertiary/aromatic N) is 1. The van der Waals surface area contributed by atoms with E-state index in [1.165, 1.54) is 11.3 Å². The topological polar surface area (TPSA) is 68.0 Å². The quantitative estimate of drug-likeness (QED) is 0.441. The Labute approximate surface area is 163 Å². The van der Waals surface area contributed by atoms with E-state index in [1.807, 2.05) is 60.2 Å². The third-order valence-corrected chi connectivity index (χ3v) is 6.63.